The normalized spacial score (nSPS) is 19.6. The van der Waals surface area contributed by atoms with E-state index in [1.165, 1.54) is 6.08 Å². The number of aliphatic hydroxyl groups excluding tert-OH is 1. The smallest absolute Gasteiger partial charge is 0.254 e. The molecule has 0 radical (unpaired) electrons. The number of amides is 2. The van der Waals surface area contributed by atoms with Gasteiger partial charge in [0.1, 0.15) is 0 Å². The topological polar surface area (TPSA) is 66.4 Å². The predicted octanol–water partition coefficient (Wildman–Crippen LogP) is -0.660. The Kier molecular flexibility index (Phi) is 2.05. The van der Waals surface area contributed by atoms with Crippen LogP contribution in [-0.4, -0.2) is 23.0 Å². The van der Waals surface area contributed by atoms with Crippen molar-refractivity contribution in [2.75, 3.05) is 0 Å². The van der Waals surface area contributed by atoms with Crippen molar-refractivity contribution < 1.29 is 14.7 Å². The number of carbonyl (C=O) groups is 2. The van der Waals surface area contributed by atoms with Crippen molar-refractivity contribution in [2.45, 2.75) is 19.4 Å². The fourth-order valence-electron chi connectivity index (χ4n) is 0.922. The van der Waals surface area contributed by atoms with E-state index in [2.05, 4.69) is 5.32 Å². The molecule has 1 heterocycles. The fourth-order valence-corrected chi connectivity index (χ4v) is 0.922. The van der Waals surface area contributed by atoms with Crippen LogP contribution in [0.1, 0.15) is 13.3 Å². The number of nitrogens with one attached hydrogen (secondary N) is 1. The molecule has 0 aliphatic carbocycles. The van der Waals surface area contributed by atoms with E-state index in [9.17, 15) is 9.59 Å². The summed E-state index contributed by atoms with van der Waals surface area (Å²) in [5, 5.41) is 11.0. The third kappa shape index (κ3) is 1.88. The van der Waals surface area contributed by atoms with Gasteiger partial charge >= 0.3 is 0 Å². The van der Waals surface area contributed by atoms with Gasteiger partial charge in [0.25, 0.3) is 11.8 Å². The zero-order valence-electron chi connectivity index (χ0n) is 6.13. The van der Waals surface area contributed by atoms with E-state index in [4.69, 9.17) is 5.11 Å². The minimum Gasteiger partial charge on any atom is -0.393 e. The highest BCUT2D eigenvalue weighted by Gasteiger charge is 2.21. The number of aliphatic hydroxyl groups is 1. The maximum atomic E-state index is 10.8. The molecule has 1 aliphatic rings. The Balaban J connectivity index is 2.64. The highest BCUT2D eigenvalue weighted by atomic mass is 16.3. The van der Waals surface area contributed by atoms with Gasteiger partial charge in [0.2, 0.25) is 0 Å². The van der Waals surface area contributed by atoms with Crippen LogP contribution in [0.3, 0.4) is 0 Å². The average Bonchev–Trinajstić information content (AvgIpc) is 2.09. The molecule has 11 heavy (non-hydrogen) atoms. The molecule has 1 rings (SSSR count). The van der Waals surface area contributed by atoms with Crippen LogP contribution >= 0.6 is 0 Å². The van der Waals surface area contributed by atoms with E-state index in [1.54, 1.807) is 6.92 Å². The van der Waals surface area contributed by atoms with Crippen LogP contribution in [0.5, 0.6) is 0 Å². The van der Waals surface area contributed by atoms with Crippen LogP contribution in [0.4, 0.5) is 0 Å². The van der Waals surface area contributed by atoms with Gasteiger partial charge in [-0.15, -0.1) is 0 Å². The maximum absolute atomic E-state index is 10.8. The van der Waals surface area contributed by atoms with Crippen molar-refractivity contribution in [1.82, 2.24) is 5.32 Å². The third-order valence-corrected chi connectivity index (χ3v) is 1.35. The molecular formula is C7H9NO3. The first-order valence-corrected chi connectivity index (χ1v) is 3.33. The van der Waals surface area contributed by atoms with Crippen molar-refractivity contribution in [1.29, 1.82) is 0 Å². The molecule has 0 aromatic heterocycles. The van der Waals surface area contributed by atoms with E-state index < -0.39 is 17.9 Å². The first-order chi connectivity index (χ1) is 5.09. The molecule has 1 atom stereocenters. The number of hydrogen-bond donors (Lipinski definition) is 2. The molecule has 4 nitrogen and oxygen atoms in total. The van der Waals surface area contributed by atoms with Crippen LogP contribution in [-0.2, 0) is 9.59 Å². The van der Waals surface area contributed by atoms with Crippen molar-refractivity contribution in [3.05, 3.63) is 11.6 Å². The lowest BCUT2D eigenvalue weighted by molar-refractivity contribution is -0.124. The summed E-state index contributed by atoms with van der Waals surface area (Å²) < 4.78 is 0. The van der Waals surface area contributed by atoms with E-state index in [0.717, 1.165) is 0 Å². The molecule has 1 unspecified atom stereocenters. The van der Waals surface area contributed by atoms with Crippen LogP contribution in [0.15, 0.2) is 11.6 Å². The molecule has 4 heteroatoms. The van der Waals surface area contributed by atoms with Gasteiger partial charge < -0.3 is 5.11 Å². The predicted molar refractivity (Wildman–Crippen MR) is 37.5 cm³/mol. The first-order valence-electron chi connectivity index (χ1n) is 3.33. The fraction of sp³-hybridized carbons (Fsp3) is 0.429. The quantitative estimate of drug-likeness (QED) is 0.520. The summed E-state index contributed by atoms with van der Waals surface area (Å²) >= 11 is 0. The molecule has 60 valence electrons. The van der Waals surface area contributed by atoms with Gasteiger partial charge in [-0.3, -0.25) is 14.9 Å². The molecule has 0 saturated heterocycles. The van der Waals surface area contributed by atoms with Gasteiger partial charge in [-0.2, -0.15) is 0 Å². The molecule has 1 aliphatic heterocycles. The molecule has 0 fully saturated rings. The average molecular weight is 155 g/mol. The molecule has 0 bridgehead atoms. The third-order valence-electron chi connectivity index (χ3n) is 1.35. The molecule has 0 spiro atoms. The lowest BCUT2D eigenvalue weighted by Crippen LogP contribution is -2.22. The van der Waals surface area contributed by atoms with Gasteiger partial charge in [0.05, 0.1) is 6.10 Å². The Morgan fingerprint density at radius 2 is 2.27 bits per heavy atom. The minimum absolute atomic E-state index is 0.234. The minimum atomic E-state index is -0.585. The van der Waals surface area contributed by atoms with Gasteiger partial charge in [-0.1, -0.05) is 0 Å². The zero-order chi connectivity index (χ0) is 8.43. The summed E-state index contributed by atoms with van der Waals surface area (Å²) in [5.74, 6) is -0.790. The number of hydrogen-bond acceptors (Lipinski definition) is 3. The van der Waals surface area contributed by atoms with Gasteiger partial charge in [0, 0.05) is 18.1 Å². The largest absolute Gasteiger partial charge is 0.393 e. The lowest BCUT2D eigenvalue weighted by Gasteiger charge is -2.01. The second-order valence-electron chi connectivity index (χ2n) is 2.54. The summed E-state index contributed by atoms with van der Waals surface area (Å²) in [5.41, 5.74) is 0.352. The number of rotatable bonds is 2. The SMILES string of the molecule is CC(O)CC1=CC(=O)NC1=O. The highest BCUT2D eigenvalue weighted by Crippen LogP contribution is 2.09. The van der Waals surface area contributed by atoms with Crippen molar-refractivity contribution in [3.8, 4) is 0 Å². The molecule has 2 N–H and O–H groups in total. The van der Waals surface area contributed by atoms with Crippen LogP contribution in [0.25, 0.3) is 0 Å². The standard InChI is InChI=1S/C7H9NO3/c1-4(9)2-5-3-6(10)8-7(5)11/h3-4,9H,2H2,1H3,(H,8,10,11). The Morgan fingerprint density at radius 1 is 1.64 bits per heavy atom. The summed E-state index contributed by atoms with van der Waals surface area (Å²) in [6.07, 6.45) is 0.866. The molecule has 0 saturated carbocycles. The van der Waals surface area contributed by atoms with Crippen LogP contribution in [0, 0.1) is 0 Å². The summed E-state index contributed by atoms with van der Waals surface area (Å²) in [7, 11) is 0. The lowest BCUT2D eigenvalue weighted by atomic mass is 10.1. The van der Waals surface area contributed by atoms with Crippen molar-refractivity contribution >= 4 is 11.8 Å². The maximum Gasteiger partial charge on any atom is 0.254 e. The number of imide groups is 1. The van der Waals surface area contributed by atoms with E-state index in [1.807, 2.05) is 0 Å². The van der Waals surface area contributed by atoms with Crippen molar-refractivity contribution in [2.24, 2.45) is 0 Å². The van der Waals surface area contributed by atoms with Gasteiger partial charge in [0.15, 0.2) is 0 Å². The second-order valence-corrected chi connectivity index (χ2v) is 2.54. The molecule has 0 aromatic rings. The van der Waals surface area contributed by atoms with Crippen molar-refractivity contribution in [3.63, 3.8) is 0 Å². The monoisotopic (exact) mass is 155 g/mol. The second kappa shape index (κ2) is 2.84. The van der Waals surface area contributed by atoms with Gasteiger partial charge in [-0.25, -0.2) is 0 Å². The molecular weight excluding hydrogens is 146 g/mol. The first kappa shape index (κ1) is 7.94. The molecule has 0 aromatic carbocycles. The highest BCUT2D eigenvalue weighted by molar-refractivity contribution is 6.16. The molecule has 2 amide bonds. The van der Waals surface area contributed by atoms with Crippen LogP contribution < -0.4 is 5.32 Å². The van der Waals surface area contributed by atoms with Crippen LogP contribution in [0.2, 0.25) is 0 Å². The summed E-state index contributed by atoms with van der Waals surface area (Å²) in [6, 6.07) is 0. The Hall–Kier alpha value is -1.16. The van der Waals surface area contributed by atoms with Gasteiger partial charge in [-0.05, 0) is 6.92 Å². The Bertz CT molecular complexity index is 230. The summed E-state index contributed by atoms with van der Waals surface area (Å²) in [6.45, 7) is 1.57. The zero-order valence-corrected chi connectivity index (χ0v) is 6.13. The Morgan fingerprint density at radius 3 is 2.64 bits per heavy atom. The van der Waals surface area contributed by atoms with E-state index in [0.29, 0.717) is 5.57 Å². The summed E-state index contributed by atoms with van der Waals surface area (Å²) in [4.78, 5) is 21.4. The van der Waals surface area contributed by atoms with E-state index in [-0.39, 0.29) is 6.42 Å². The number of carbonyl (C=O) groups excluding carboxylic acids is 2. The van der Waals surface area contributed by atoms with E-state index >= 15 is 0 Å². The Labute approximate surface area is 63.9 Å².